The second kappa shape index (κ2) is 9.13. The van der Waals surface area contributed by atoms with E-state index in [1.807, 2.05) is 42.5 Å². The summed E-state index contributed by atoms with van der Waals surface area (Å²) in [5.74, 6) is 0. The molecule has 0 unspecified atom stereocenters. The maximum Gasteiger partial charge on any atom is 0.129 e. The van der Waals surface area contributed by atoms with Gasteiger partial charge in [0.25, 0.3) is 0 Å². The molecule has 3 rings (SSSR count). The Kier molecular flexibility index (Phi) is 6.37. The minimum absolute atomic E-state index is 0.101. The van der Waals surface area contributed by atoms with Crippen LogP contribution in [0.25, 0.3) is 5.70 Å². The van der Waals surface area contributed by atoms with Gasteiger partial charge >= 0.3 is 0 Å². The van der Waals surface area contributed by atoms with E-state index in [4.69, 9.17) is 22.1 Å². The number of aryl methyl sites for hydroxylation is 1. The molecule has 0 aliphatic carbocycles. The number of hydrogen-bond donors (Lipinski definition) is 0. The van der Waals surface area contributed by atoms with Crippen LogP contribution >= 0.6 is 11.6 Å². The molecule has 2 aromatic carbocycles. The molecule has 0 amide bonds. The van der Waals surface area contributed by atoms with E-state index in [9.17, 15) is 0 Å². The molecule has 1 aliphatic rings. The fourth-order valence-electron chi connectivity index (χ4n) is 3.23. The number of halogens is 1. The summed E-state index contributed by atoms with van der Waals surface area (Å²) < 4.78 is 0. The predicted molar refractivity (Wildman–Crippen MR) is 114 cm³/mol. The van der Waals surface area contributed by atoms with Crippen LogP contribution in [0.3, 0.4) is 0 Å². The first-order valence-electron chi connectivity index (χ1n) is 9.15. The van der Waals surface area contributed by atoms with Gasteiger partial charge in [-0.3, -0.25) is 0 Å². The Morgan fingerprint density at radius 1 is 0.893 bits per heavy atom. The first kappa shape index (κ1) is 19.5. The van der Waals surface area contributed by atoms with E-state index < -0.39 is 0 Å². The summed E-state index contributed by atoms with van der Waals surface area (Å²) in [5.41, 5.74) is 4.57. The first-order chi connectivity index (χ1) is 13.6. The van der Waals surface area contributed by atoms with Crippen LogP contribution in [-0.4, -0.2) is 31.1 Å². The van der Waals surface area contributed by atoms with Gasteiger partial charge < -0.3 is 9.80 Å². The Morgan fingerprint density at radius 2 is 1.50 bits per heavy atom. The molecule has 1 heterocycles. The predicted octanol–water partition coefficient (Wildman–Crippen LogP) is 4.79. The minimum Gasteiger partial charge on any atom is -0.368 e. The lowest BCUT2D eigenvalue weighted by molar-refractivity contribution is 0.367. The van der Waals surface area contributed by atoms with Crippen molar-refractivity contribution in [2.75, 3.05) is 31.1 Å². The number of allylic oxidation sites excluding steroid dienone is 3. The molecule has 140 valence electrons. The van der Waals surface area contributed by atoms with E-state index in [-0.39, 0.29) is 5.57 Å². The Morgan fingerprint density at radius 3 is 2.07 bits per heavy atom. The third kappa shape index (κ3) is 4.74. The molecule has 0 N–H and O–H groups in total. The molecule has 1 fully saturated rings. The fraction of sp³-hybridized carbons (Fsp3) is 0.217. The van der Waals surface area contributed by atoms with Crippen LogP contribution in [0, 0.1) is 29.6 Å². The maximum atomic E-state index is 9.04. The van der Waals surface area contributed by atoms with Crippen molar-refractivity contribution in [1.29, 1.82) is 10.5 Å². The molecule has 4 nitrogen and oxygen atoms in total. The monoisotopic (exact) mass is 388 g/mol. The van der Waals surface area contributed by atoms with E-state index in [1.54, 1.807) is 6.08 Å². The van der Waals surface area contributed by atoms with Crippen molar-refractivity contribution in [1.82, 2.24) is 4.90 Å². The zero-order chi connectivity index (χ0) is 19.9. The van der Waals surface area contributed by atoms with Crippen molar-refractivity contribution in [3.05, 3.63) is 82.4 Å². The maximum absolute atomic E-state index is 9.04. The molecule has 0 spiro atoms. The molecule has 1 saturated heterocycles. The summed E-state index contributed by atoms with van der Waals surface area (Å²) in [5, 5.41) is 18.8. The highest BCUT2D eigenvalue weighted by molar-refractivity contribution is 6.30. The van der Waals surface area contributed by atoms with Crippen molar-refractivity contribution >= 4 is 23.0 Å². The number of nitrogens with zero attached hydrogens (tertiary/aromatic N) is 4. The van der Waals surface area contributed by atoms with Crippen LogP contribution in [-0.2, 0) is 0 Å². The van der Waals surface area contributed by atoms with Crippen LogP contribution < -0.4 is 4.90 Å². The Labute approximate surface area is 171 Å². The van der Waals surface area contributed by atoms with E-state index in [0.717, 1.165) is 42.5 Å². The Balaban J connectivity index is 1.82. The summed E-state index contributed by atoms with van der Waals surface area (Å²) in [6.45, 7) is 5.53. The summed E-state index contributed by atoms with van der Waals surface area (Å²) >= 11 is 5.99. The normalized spacial score (nSPS) is 14.2. The zero-order valence-corrected chi connectivity index (χ0v) is 16.5. The highest BCUT2D eigenvalue weighted by Gasteiger charge is 2.20. The molecule has 0 saturated carbocycles. The summed E-state index contributed by atoms with van der Waals surface area (Å²) in [6, 6.07) is 20.1. The summed E-state index contributed by atoms with van der Waals surface area (Å²) in [7, 11) is 0. The summed E-state index contributed by atoms with van der Waals surface area (Å²) in [4.78, 5) is 4.64. The van der Waals surface area contributed by atoms with E-state index in [0.29, 0.717) is 0 Å². The average molecular weight is 389 g/mol. The van der Waals surface area contributed by atoms with Crippen molar-refractivity contribution in [2.24, 2.45) is 0 Å². The van der Waals surface area contributed by atoms with Crippen molar-refractivity contribution in [3.63, 3.8) is 0 Å². The highest BCUT2D eigenvalue weighted by Crippen LogP contribution is 2.25. The van der Waals surface area contributed by atoms with Crippen LogP contribution in [0.4, 0.5) is 5.69 Å². The van der Waals surface area contributed by atoms with Crippen molar-refractivity contribution < 1.29 is 0 Å². The zero-order valence-electron chi connectivity index (χ0n) is 15.8. The molecule has 0 radical (unpaired) electrons. The van der Waals surface area contributed by atoms with Crippen molar-refractivity contribution in [3.8, 4) is 12.1 Å². The lowest BCUT2D eigenvalue weighted by atomic mass is 10.1. The first-order valence-corrected chi connectivity index (χ1v) is 9.53. The van der Waals surface area contributed by atoms with Crippen LogP contribution in [0.1, 0.15) is 11.1 Å². The van der Waals surface area contributed by atoms with Gasteiger partial charge in [0, 0.05) is 42.6 Å². The number of nitriles is 2. The molecular weight excluding hydrogens is 368 g/mol. The third-order valence-electron chi connectivity index (χ3n) is 4.81. The fourth-order valence-corrected chi connectivity index (χ4v) is 3.35. The molecule has 0 aromatic heterocycles. The highest BCUT2D eigenvalue weighted by atomic mass is 35.5. The minimum atomic E-state index is 0.101. The molecule has 5 heteroatoms. The number of piperazine rings is 1. The van der Waals surface area contributed by atoms with Crippen molar-refractivity contribution in [2.45, 2.75) is 6.92 Å². The van der Waals surface area contributed by atoms with E-state index in [2.05, 4.69) is 41.0 Å². The number of benzene rings is 2. The number of anilines is 1. The van der Waals surface area contributed by atoms with Crippen LogP contribution in [0.2, 0.25) is 5.02 Å². The largest absolute Gasteiger partial charge is 0.368 e. The van der Waals surface area contributed by atoms with Gasteiger partial charge in [0.1, 0.15) is 17.7 Å². The Bertz CT molecular complexity index is 936. The SMILES string of the molecule is Cc1ccc(/C(=C\C=C(C#N)C#N)N2CCN(c3ccc(Cl)cc3)CC2)cc1. The van der Waals surface area contributed by atoms with Gasteiger partial charge in [-0.1, -0.05) is 41.4 Å². The van der Waals surface area contributed by atoms with Gasteiger partial charge in [0.2, 0.25) is 0 Å². The second-order valence-corrected chi connectivity index (χ2v) is 7.11. The van der Waals surface area contributed by atoms with E-state index in [1.165, 1.54) is 11.3 Å². The van der Waals surface area contributed by atoms with Gasteiger partial charge in [0.05, 0.1) is 0 Å². The quantitative estimate of drug-likeness (QED) is 0.558. The average Bonchev–Trinajstić information content (AvgIpc) is 2.73. The standard InChI is InChI=1S/C23H21ClN4/c1-18-2-5-20(6-3-18)23(11-4-19(16-25)17-26)28-14-12-27(13-15-28)22-9-7-21(24)8-10-22/h2-11H,12-15H2,1H3/b23-11+. The molecule has 0 bridgehead atoms. The molecular formula is C23H21ClN4. The lowest BCUT2D eigenvalue weighted by Crippen LogP contribution is -2.45. The smallest absolute Gasteiger partial charge is 0.129 e. The number of rotatable bonds is 4. The van der Waals surface area contributed by atoms with Crippen LogP contribution in [0.15, 0.2) is 66.3 Å². The molecule has 2 aromatic rings. The van der Waals surface area contributed by atoms with E-state index >= 15 is 0 Å². The molecule has 28 heavy (non-hydrogen) atoms. The van der Waals surface area contributed by atoms with Gasteiger partial charge in [0.15, 0.2) is 0 Å². The van der Waals surface area contributed by atoms with Gasteiger partial charge in [-0.2, -0.15) is 10.5 Å². The third-order valence-corrected chi connectivity index (χ3v) is 5.06. The van der Waals surface area contributed by atoms with Gasteiger partial charge in [-0.05, 0) is 48.9 Å². The second-order valence-electron chi connectivity index (χ2n) is 6.67. The molecule has 1 aliphatic heterocycles. The topological polar surface area (TPSA) is 54.1 Å². The lowest BCUT2D eigenvalue weighted by Gasteiger charge is -2.38. The Hall–Kier alpha value is -3.21. The van der Waals surface area contributed by atoms with Crippen LogP contribution in [0.5, 0.6) is 0 Å². The summed E-state index contributed by atoms with van der Waals surface area (Å²) in [6.07, 6.45) is 3.48. The molecule has 0 atom stereocenters. The number of hydrogen-bond acceptors (Lipinski definition) is 4. The van der Waals surface area contributed by atoms with Gasteiger partial charge in [-0.15, -0.1) is 0 Å². The van der Waals surface area contributed by atoms with Gasteiger partial charge in [-0.25, -0.2) is 0 Å².